The van der Waals surface area contributed by atoms with Gasteiger partial charge in [0, 0.05) is 10.4 Å². The van der Waals surface area contributed by atoms with Crippen LogP contribution in [0.5, 0.6) is 5.75 Å². The zero-order chi connectivity index (χ0) is 28.4. The molecular weight excluding hydrogens is 586 g/mol. The van der Waals surface area contributed by atoms with Crippen molar-refractivity contribution in [1.29, 1.82) is 0 Å². The van der Waals surface area contributed by atoms with Crippen LogP contribution in [0.25, 0.3) is 11.3 Å². The van der Waals surface area contributed by atoms with Crippen molar-refractivity contribution in [2.45, 2.75) is 24.9 Å². The van der Waals surface area contributed by atoms with Gasteiger partial charge in [0.15, 0.2) is 0 Å². The van der Waals surface area contributed by atoms with E-state index in [1.165, 1.54) is 6.20 Å². The van der Waals surface area contributed by atoms with Crippen molar-refractivity contribution >= 4 is 27.9 Å². The second kappa shape index (κ2) is 11.6. The van der Waals surface area contributed by atoms with Gasteiger partial charge in [-0.2, -0.15) is 0 Å². The van der Waals surface area contributed by atoms with Crippen LogP contribution >= 0.6 is 15.9 Å². The molecule has 3 amide bonds. The zero-order valence-electron chi connectivity index (χ0n) is 21.3. The Bertz CT molecular complexity index is 1510. The smallest absolute Gasteiger partial charge is 0.325 e. The molecule has 11 heteroatoms. The zero-order valence-corrected chi connectivity index (χ0v) is 22.9. The van der Waals surface area contributed by atoms with E-state index in [0.29, 0.717) is 11.3 Å². The van der Waals surface area contributed by atoms with Gasteiger partial charge < -0.3 is 20.1 Å². The number of imidazole rings is 1. The van der Waals surface area contributed by atoms with E-state index < -0.39 is 41.6 Å². The summed E-state index contributed by atoms with van der Waals surface area (Å²) in [6.07, 6.45) is 1.29. The summed E-state index contributed by atoms with van der Waals surface area (Å²) in [6.45, 7) is 1.85. The van der Waals surface area contributed by atoms with Gasteiger partial charge in [-0.25, -0.2) is 18.6 Å². The number of urea groups is 1. The van der Waals surface area contributed by atoms with E-state index in [9.17, 15) is 18.4 Å². The van der Waals surface area contributed by atoms with E-state index in [1.54, 1.807) is 24.3 Å². The number of H-pyrrole nitrogens is 1. The third-order valence-electron chi connectivity index (χ3n) is 6.77. The van der Waals surface area contributed by atoms with Gasteiger partial charge in [0.2, 0.25) is 0 Å². The standard InChI is InChI=1S/C29H25BrF2N4O4/c1-16(17-5-3-2-4-6-17)26(27-33-15-23(34-27)24-21(31)13-19(30)14-22(24)32)36-28(38)25(35-29(36)39)18-7-9-20(10-8-18)40-12-11-37/h2-10,13-16,25-26,37H,11-12H2,1H3,(H,33,34)(H,35,39)/t16-,25+,26?/m0/s1. The largest absolute Gasteiger partial charge is 0.491 e. The highest BCUT2D eigenvalue weighted by Crippen LogP contribution is 2.39. The summed E-state index contributed by atoms with van der Waals surface area (Å²) >= 11 is 3.08. The number of aliphatic hydroxyl groups is 1. The van der Waals surface area contributed by atoms with Crippen molar-refractivity contribution in [1.82, 2.24) is 20.2 Å². The van der Waals surface area contributed by atoms with E-state index in [2.05, 4.69) is 31.2 Å². The number of aliphatic hydroxyl groups excluding tert-OH is 1. The van der Waals surface area contributed by atoms with E-state index >= 15 is 0 Å². The minimum absolute atomic E-state index is 0.0739. The summed E-state index contributed by atoms with van der Waals surface area (Å²) in [5.74, 6) is -1.81. The van der Waals surface area contributed by atoms with Crippen LogP contribution in [0, 0.1) is 11.6 Å². The number of benzene rings is 3. The monoisotopic (exact) mass is 610 g/mol. The molecule has 0 bridgehead atoms. The maximum atomic E-state index is 14.7. The SMILES string of the molecule is C[C@@H](c1ccccc1)C(c1ncc(-c2c(F)cc(Br)cc2F)[nH]1)N1C(=O)N[C@H](c2ccc(OCCO)cc2)C1=O. The Morgan fingerprint density at radius 1 is 1.07 bits per heavy atom. The Kier molecular flexibility index (Phi) is 7.95. The van der Waals surface area contributed by atoms with E-state index in [1.807, 2.05) is 37.3 Å². The topological polar surface area (TPSA) is 108 Å². The molecule has 0 radical (unpaired) electrons. The first-order valence-corrected chi connectivity index (χ1v) is 13.3. The van der Waals surface area contributed by atoms with Crippen molar-refractivity contribution in [3.8, 4) is 17.0 Å². The average Bonchev–Trinajstić information content (AvgIpc) is 3.53. The number of hydrogen-bond acceptors (Lipinski definition) is 5. The third kappa shape index (κ3) is 5.34. The molecular formula is C29H25BrF2N4O4. The lowest BCUT2D eigenvalue weighted by molar-refractivity contribution is -0.129. The van der Waals surface area contributed by atoms with Gasteiger partial charge in [-0.1, -0.05) is 65.3 Å². The number of aromatic amines is 1. The molecule has 1 unspecified atom stereocenters. The third-order valence-corrected chi connectivity index (χ3v) is 7.23. The fourth-order valence-corrected chi connectivity index (χ4v) is 5.24. The summed E-state index contributed by atoms with van der Waals surface area (Å²) < 4.78 is 35.1. The number of nitrogens with zero attached hydrogens (tertiary/aromatic N) is 2. The molecule has 1 aliphatic rings. The quantitative estimate of drug-likeness (QED) is 0.213. The number of carbonyl (C=O) groups excluding carboxylic acids is 2. The summed E-state index contributed by atoms with van der Waals surface area (Å²) in [5, 5.41) is 11.7. The van der Waals surface area contributed by atoms with Crippen LogP contribution in [0.2, 0.25) is 0 Å². The molecule has 0 aliphatic carbocycles. The first kappa shape index (κ1) is 27.5. The van der Waals surface area contributed by atoms with Crippen molar-refractivity contribution in [2.24, 2.45) is 0 Å². The highest BCUT2D eigenvalue weighted by molar-refractivity contribution is 9.10. The number of rotatable bonds is 9. The maximum Gasteiger partial charge on any atom is 0.325 e. The minimum Gasteiger partial charge on any atom is -0.491 e. The van der Waals surface area contributed by atoms with Crippen LogP contribution < -0.4 is 10.1 Å². The first-order valence-electron chi connectivity index (χ1n) is 12.5. The number of amides is 3. The molecule has 5 rings (SSSR count). The molecule has 4 aromatic rings. The van der Waals surface area contributed by atoms with Crippen LogP contribution in [0.4, 0.5) is 13.6 Å². The number of hydrogen-bond donors (Lipinski definition) is 3. The highest BCUT2D eigenvalue weighted by Gasteiger charge is 2.46. The van der Waals surface area contributed by atoms with Crippen LogP contribution in [-0.4, -0.2) is 45.1 Å². The van der Waals surface area contributed by atoms with Gasteiger partial charge in [0.25, 0.3) is 5.91 Å². The molecule has 0 spiro atoms. The van der Waals surface area contributed by atoms with E-state index in [-0.39, 0.29) is 34.8 Å². The maximum absolute atomic E-state index is 14.7. The van der Waals surface area contributed by atoms with E-state index in [4.69, 9.17) is 9.84 Å². The Morgan fingerprint density at radius 2 is 1.75 bits per heavy atom. The number of imide groups is 1. The van der Waals surface area contributed by atoms with Crippen LogP contribution in [0.1, 0.15) is 41.9 Å². The second-order valence-electron chi connectivity index (χ2n) is 9.30. The van der Waals surface area contributed by atoms with Crippen LogP contribution in [0.15, 0.2) is 77.4 Å². The lowest BCUT2D eigenvalue weighted by Gasteiger charge is -2.29. The van der Waals surface area contributed by atoms with Gasteiger partial charge in [-0.3, -0.25) is 9.69 Å². The average molecular weight is 611 g/mol. The number of carbonyl (C=O) groups is 2. The molecule has 8 nitrogen and oxygen atoms in total. The summed E-state index contributed by atoms with van der Waals surface area (Å²) in [4.78, 5) is 35.5. The normalized spacial score (nSPS) is 16.6. The van der Waals surface area contributed by atoms with Crippen molar-refractivity contribution in [2.75, 3.05) is 13.2 Å². The Balaban J connectivity index is 1.52. The van der Waals surface area contributed by atoms with Gasteiger partial charge in [-0.15, -0.1) is 0 Å². The van der Waals surface area contributed by atoms with Crippen LogP contribution in [-0.2, 0) is 4.79 Å². The fraction of sp³-hybridized carbons (Fsp3) is 0.207. The predicted molar refractivity (Wildman–Crippen MR) is 146 cm³/mol. The Hall–Kier alpha value is -4.09. The molecule has 206 valence electrons. The number of halogens is 3. The first-order chi connectivity index (χ1) is 19.3. The molecule has 0 saturated carbocycles. The van der Waals surface area contributed by atoms with Gasteiger partial charge in [0.1, 0.15) is 41.9 Å². The highest BCUT2D eigenvalue weighted by atomic mass is 79.9. The van der Waals surface area contributed by atoms with Gasteiger partial charge >= 0.3 is 6.03 Å². The fourth-order valence-electron chi connectivity index (χ4n) is 4.84. The lowest BCUT2D eigenvalue weighted by Crippen LogP contribution is -2.38. The van der Waals surface area contributed by atoms with Gasteiger partial charge in [0.05, 0.1) is 24.1 Å². The predicted octanol–water partition coefficient (Wildman–Crippen LogP) is 5.63. The Labute approximate surface area is 237 Å². The van der Waals surface area contributed by atoms with E-state index in [0.717, 1.165) is 22.6 Å². The number of ether oxygens (including phenoxy) is 1. The molecule has 1 fully saturated rings. The van der Waals surface area contributed by atoms with Crippen LogP contribution in [0.3, 0.4) is 0 Å². The molecule has 1 saturated heterocycles. The number of nitrogens with one attached hydrogen (secondary N) is 2. The lowest BCUT2D eigenvalue weighted by atomic mass is 9.91. The molecule has 3 N–H and O–H groups in total. The van der Waals surface area contributed by atoms with Crippen molar-refractivity contribution in [3.05, 3.63) is 106 Å². The van der Waals surface area contributed by atoms with Crippen molar-refractivity contribution in [3.63, 3.8) is 0 Å². The number of aromatic nitrogens is 2. The van der Waals surface area contributed by atoms with Gasteiger partial charge in [-0.05, 0) is 35.4 Å². The molecule has 3 atom stereocenters. The molecule has 40 heavy (non-hydrogen) atoms. The summed E-state index contributed by atoms with van der Waals surface area (Å²) in [5.41, 5.74) is 1.15. The summed E-state index contributed by atoms with van der Waals surface area (Å²) in [6, 6.07) is 15.7. The molecule has 1 aromatic heterocycles. The second-order valence-corrected chi connectivity index (χ2v) is 10.2. The molecule has 3 aromatic carbocycles. The molecule has 2 heterocycles. The van der Waals surface area contributed by atoms with Crippen molar-refractivity contribution < 1.29 is 28.2 Å². The summed E-state index contributed by atoms with van der Waals surface area (Å²) in [7, 11) is 0. The molecule has 1 aliphatic heterocycles. The minimum atomic E-state index is -0.958. The Morgan fingerprint density at radius 3 is 2.40 bits per heavy atom.